The van der Waals surface area contributed by atoms with Crippen molar-refractivity contribution in [2.45, 2.75) is 57.7 Å². The van der Waals surface area contributed by atoms with Crippen LogP contribution in [-0.4, -0.2) is 81.3 Å². The zero-order chi connectivity index (χ0) is 21.3. The molecular weight excluding hydrogens is 521 g/mol. The Balaban J connectivity index is 0.00000341. The van der Waals surface area contributed by atoms with E-state index in [9.17, 15) is 0 Å². The molecule has 31 heavy (non-hydrogen) atoms. The molecule has 0 amide bonds. The highest BCUT2D eigenvalue weighted by Gasteiger charge is 2.31. The minimum absolute atomic E-state index is 0. The van der Waals surface area contributed by atoms with E-state index in [0.29, 0.717) is 24.1 Å². The second-order valence-corrected chi connectivity index (χ2v) is 9.96. The third-order valence-electron chi connectivity index (χ3n) is 6.38. The molecule has 2 saturated heterocycles. The highest BCUT2D eigenvalue weighted by atomic mass is 127. The Labute approximate surface area is 210 Å². The van der Waals surface area contributed by atoms with Gasteiger partial charge in [0.25, 0.3) is 0 Å². The lowest BCUT2D eigenvalue weighted by molar-refractivity contribution is 0.0532. The summed E-state index contributed by atoms with van der Waals surface area (Å²) in [6.07, 6.45) is 5.18. The molecule has 0 saturated carbocycles. The number of hydrogen-bond donors (Lipinski definition) is 2. The Morgan fingerprint density at radius 2 is 2.03 bits per heavy atom. The molecule has 0 aromatic carbocycles. The number of piperidine rings is 2. The van der Waals surface area contributed by atoms with Crippen LogP contribution in [0.25, 0.3) is 0 Å². The Bertz CT molecular complexity index is 634. The van der Waals surface area contributed by atoms with E-state index in [2.05, 4.69) is 63.8 Å². The van der Waals surface area contributed by atoms with Gasteiger partial charge < -0.3 is 20.3 Å². The Morgan fingerprint density at radius 3 is 2.68 bits per heavy atom. The molecule has 2 unspecified atom stereocenters. The van der Waals surface area contributed by atoms with Crippen LogP contribution in [0.1, 0.15) is 50.4 Å². The first-order valence-electron chi connectivity index (χ1n) is 11.6. The normalized spacial score (nSPS) is 24.2. The first kappa shape index (κ1) is 26.8. The maximum atomic E-state index is 5.70. The van der Waals surface area contributed by atoms with Crippen LogP contribution in [0, 0.1) is 5.92 Å². The van der Waals surface area contributed by atoms with Gasteiger partial charge in [0, 0.05) is 50.2 Å². The van der Waals surface area contributed by atoms with E-state index >= 15 is 0 Å². The zero-order valence-corrected chi connectivity index (χ0v) is 22.8. The van der Waals surface area contributed by atoms with Crippen molar-refractivity contribution < 1.29 is 4.74 Å². The number of aliphatic imine (C=N–C) groups is 1. The van der Waals surface area contributed by atoms with Crippen LogP contribution in [0.4, 0.5) is 0 Å². The molecule has 0 spiro atoms. The molecule has 2 aliphatic rings. The molecule has 0 radical (unpaired) electrons. The Kier molecular flexibility index (Phi) is 12.1. The minimum Gasteiger partial charge on any atom is -0.377 e. The van der Waals surface area contributed by atoms with Crippen LogP contribution in [0.2, 0.25) is 0 Å². The van der Waals surface area contributed by atoms with Crippen molar-refractivity contribution >= 4 is 41.3 Å². The molecular formula is C23H42IN5OS. The van der Waals surface area contributed by atoms with Crippen molar-refractivity contribution in [1.29, 1.82) is 0 Å². The van der Waals surface area contributed by atoms with Crippen LogP contribution >= 0.6 is 35.3 Å². The topological polar surface area (TPSA) is 52.1 Å². The standard InChI is InChI=1S/C23H41N5OS.HI/c1-18(2)29-15-14-28-12-9-20(10-13-28)26-23(24-3)25-17-19-7-5-11-27(4)22(19)21-8-6-16-30-21;/h6,8,16,18-20,22H,5,7,9-15,17H2,1-4H3,(H2,24,25,26);1H. The Hall–Kier alpha value is -0.420. The number of ether oxygens (including phenoxy) is 1. The summed E-state index contributed by atoms with van der Waals surface area (Å²) in [7, 11) is 4.15. The first-order valence-corrected chi connectivity index (χ1v) is 12.5. The minimum atomic E-state index is 0. The molecule has 2 fully saturated rings. The first-order chi connectivity index (χ1) is 14.6. The highest BCUT2D eigenvalue weighted by Crippen LogP contribution is 2.36. The molecule has 8 heteroatoms. The maximum Gasteiger partial charge on any atom is 0.191 e. The number of likely N-dealkylation sites (tertiary alicyclic amines) is 2. The van der Waals surface area contributed by atoms with E-state index in [4.69, 9.17) is 4.74 Å². The lowest BCUT2D eigenvalue weighted by atomic mass is 9.88. The predicted octanol–water partition coefficient (Wildman–Crippen LogP) is 3.80. The quantitative estimate of drug-likeness (QED) is 0.287. The third-order valence-corrected chi connectivity index (χ3v) is 7.33. The van der Waals surface area contributed by atoms with Crippen LogP contribution in [0.15, 0.2) is 22.5 Å². The number of thiophene rings is 1. The number of rotatable bonds is 8. The van der Waals surface area contributed by atoms with Crippen molar-refractivity contribution in [3.63, 3.8) is 0 Å². The molecule has 3 heterocycles. The molecule has 2 N–H and O–H groups in total. The molecule has 2 atom stereocenters. The van der Waals surface area contributed by atoms with Crippen molar-refractivity contribution in [3.05, 3.63) is 22.4 Å². The molecule has 178 valence electrons. The maximum absolute atomic E-state index is 5.70. The average Bonchev–Trinajstić information content (AvgIpc) is 3.26. The van der Waals surface area contributed by atoms with Gasteiger partial charge in [-0.3, -0.25) is 9.89 Å². The van der Waals surface area contributed by atoms with Gasteiger partial charge in [0.15, 0.2) is 5.96 Å². The van der Waals surface area contributed by atoms with Gasteiger partial charge in [0.2, 0.25) is 0 Å². The fraction of sp³-hybridized carbons (Fsp3) is 0.783. The van der Waals surface area contributed by atoms with E-state index in [0.717, 1.165) is 51.6 Å². The van der Waals surface area contributed by atoms with E-state index in [1.165, 1.54) is 24.3 Å². The van der Waals surface area contributed by atoms with Gasteiger partial charge >= 0.3 is 0 Å². The number of hydrogen-bond acceptors (Lipinski definition) is 5. The number of guanidine groups is 1. The van der Waals surface area contributed by atoms with Crippen LogP contribution in [-0.2, 0) is 4.74 Å². The lowest BCUT2D eigenvalue weighted by Crippen LogP contribution is -2.50. The summed E-state index contributed by atoms with van der Waals surface area (Å²) in [5.74, 6) is 1.57. The SMILES string of the molecule is CN=C(NCC1CCCN(C)C1c1cccs1)NC1CCN(CCOC(C)C)CC1.I. The smallest absolute Gasteiger partial charge is 0.191 e. The highest BCUT2D eigenvalue weighted by molar-refractivity contribution is 14.0. The van der Waals surface area contributed by atoms with Crippen LogP contribution < -0.4 is 10.6 Å². The summed E-state index contributed by atoms with van der Waals surface area (Å²) >= 11 is 1.88. The van der Waals surface area contributed by atoms with E-state index in [1.54, 1.807) is 0 Å². The molecule has 1 aromatic rings. The van der Waals surface area contributed by atoms with Gasteiger partial charge in [0.1, 0.15) is 0 Å². The summed E-state index contributed by atoms with van der Waals surface area (Å²) in [6.45, 7) is 10.5. The molecule has 3 rings (SSSR count). The van der Waals surface area contributed by atoms with Gasteiger partial charge in [-0.2, -0.15) is 0 Å². The van der Waals surface area contributed by atoms with Crippen molar-refractivity contribution in [3.8, 4) is 0 Å². The monoisotopic (exact) mass is 563 g/mol. The lowest BCUT2D eigenvalue weighted by Gasteiger charge is -2.39. The van der Waals surface area contributed by atoms with E-state index < -0.39 is 0 Å². The molecule has 2 aliphatic heterocycles. The van der Waals surface area contributed by atoms with Crippen LogP contribution in [0.3, 0.4) is 0 Å². The van der Waals surface area contributed by atoms with E-state index in [-0.39, 0.29) is 24.0 Å². The van der Waals surface area contributed by atoms with Crippen molar-refractivity contribution in [2.24, 2.45) is 10.9 Å². The zero-order valence-electron chi connectivity index (χ0n) is 19.7. The second kappa shape index (κ2) is 14.0. The van der Waals surface area contributed by atoms with Crippen molar-refractivity contribution in [1.82, 2.24) is 20.4 Å². The van der Waals surface area contributed by atoms with Gasteiger partial charge in [0.05, 0.1) is 12.7 Å². The third kappa shape index (κ3) is 8.46. The van der Waals surface area contributed by atoms with Gasteiger partial charge in [-0.15, -0.1) is 35.3 Å². The molecule has 0 aliphatic carbocycles. The fourth-order valence-electron chi connectivity index (χ4n) is 4.72. The second-order valence-electron chi connectivity index (χ2n) is 8.98. The summed E-state index contributed by atoms with van der Waals surface area (Å²) in [5.41, 5.74) is 0. The number of halogens is 1. The number of nitrogens with one attached hydrogen (secondary N) is 2. The number of nitrogens with zero attached hydrogens (tertiary/aromatic N) is 3. The van der Waals surface area contributed by atoms with E-state index in [1.807, 2.05) is 18.4 Å². The van der Waals surface area contributed by atoms with Gasteiger partial charge in [-0.05, 0) is 70.5 Å². The average molecular weight is 564 g/mol. The van der Waals surface area contributed by atoms with Gasteiger partial charge in [-0.25, -0.2) is 0 Å². The summed E-state index contributed by atoms with van der Waals surface area (Å²) in [4.78, 5) is 11.0. The van der Waals surface area contributed by atoms with Crippen LogP contribution in [0.5, 0.6) is 0 Å². The Morgan fingerprint density at radius 1 is 1.26 bits per heavy atom. The fourth-order valence-corrected chi connectivity index (χ4v) is 5.70. The summed E-state index contributed by atoms with van der Waals surface area (Å²) in [5, 5.41) is 9.51. The van der Waals surface area contributed by atoms with Crippen molar-refractivity contribution in [2.75, 3.05) is 53.4 Å². The summed E-state index contributed by atoms with van der Waals surface area (Å²) in [6, 6.07) is 5.48. The summed E-state index contributed by atoms with van der Waals surface area (Å²) < 4.78 is 5.70. The molecule has 6 nitrogen and oxygen atoms in total. The van der Waals surface area contributed by atoms with Gasteiger partial charge in [-0.1, -0.05) is 6.07 Å². The largest absolute Gasteiger partial charge is 0.377 e. The predicted molar refractivity (Wildman–Crippen MR) is 143 cm³/mol. The molecule has 0 bridgehead atoms. The molecule has 1 aromatic heterocycles.